The summed E-state index contributed by atoms with van der Waals surface area (Å²) in [5.74, 6) is -0.449. The Morgan fingerprint density at radius 1 is 1.18 bits per heavy atom. The Morgan fingerprint density at radius 2 is 1.97 bits per heavy atom. The highest BCUT2D eigenvalue weighted by Gasteiger charge is 2.20. The first-order valence-corrected chi connectivity index (χ1v) is 11.0. The fourth-order valence-electron chi connectivity index (χ4n) is 3.94. The van der Waals surface area contributed by atoms with Crippen molar-refractivity contribution in [3.63, 3.8) is 0 Å². The number of carbonyl (C=O) groups excluding carboxylic acids is 1. The van der Waals surface area contributed by atoms with Gasteiger partial charge in [0.05, 0.1) is 24.5 Å². The molecule has 1 aromatic carbocycles. The number of halogens is 1. The Bertz CT molecular complexity index is 1330. The van der Waals surface area contributed by atoms with Gasteiger partial charge in [-0.05, 0) is 37.1 Å². The molecule has 0 aliphatic heterocycles. The summed E-state index contributed by atoms with van der Waals surface area (Å²) in [6.07, 6.45) is 4.40. The molecule has 8 heteroatoms. The topological polar surface area (TPSA) is 77.6 Å². The van der Waals surface area contributed by atoms with Crippen molar-refractivity contribution in [2.24, 2.45) is 0 Å². The number of amides is 1. The van der Waals surface area contributed by atoms with E-state index < -0.39 is 5.91 Å². The molecule has 0 bridgehead atoms. The van der Waals surface area contributed by atoms with Crippen molar-refractivity contribution < 1.29 is 9.53 Å². The van der Waals surface area contributed by atoms with Crippen molar-refractivity contribution in [3.05, 3.63) is 104 Å². The standard InChI is InChI=1S/C25H25ClN4O3/c1-17-13-22(31)24(25(32)27-14-19-15-29-11-6-5-9-23(29)28-19)21(16-33-2)30(17)12-10-18-7-3-4-8-20(18)26/h3-9,11,13,15H,10,12,14,16H2,1-2H3,(H,27,32). The van der Waals surface area contributed by atoms with Crippen LogP contribution in [-0.2, 0) is 30.9 Å². The van der Waals surface area contributed by atoms with Gasteiger partial charge in [0, 0.05) is 42.8 Å². The van der Waals surface area contributed by atoms with E-state index in [2.05, 4.69) is 10.3 Å². The first-order valence-electron chi connectivity index (χ1n) is 10.6. The third kappa shape index (κ3) is 4.99. The number of pyridine rings is 2. The maximum atomic E-state index is 13.1. The van der Waals surface area contributed by atoms with Gasteiger partial charge in [-0.1, -0.05) is 35.9 Å². The van der Waals surface area contributed by atoms with Crippen LogP contribution in [0.3, 0.4) is 0 Å². The van der Waals surface area contributed by atoms with Gasteiger partial charge in [-0.2, -0.15) is 0 Å². The van der Waals surface area contributed by atoms with Gasteiger partial charge in [-0.15, -0.1) is 0 Å². The van der Waals surface area contributed by atoms with Crippen LogP contribution in [0.2, 0.25) is 5.02 Å². The molecule has 4 aromatic rings. The second-order valence-electron chi connectivity index (χ2n) is 7.78. The Balaban J connectivity index is 1.60. The Labute approximate surface area is 196 Å². The number of carbonyl (C=O) groups is 1. The highest BCUT2D eigenvalue weighted by Crippen LogP contribution is 2.18. The number of aromatic nitrogens is 3. The van der Waals surface area contributed by atoms with E-state index in [1.54, 1.807) is 7.11 Å². The maximum Gasteiger partial charge on any atom is 0.257 e. The molecule has 3 aromatic heterocycles. The zero-order chi connectivity index (χ0) is 23.4. The van der Waals surface area contributed by atoms with Crippen LogP contribution in [0.5, 0.6) is 0 Å². The molecule has 33 heavy (non-hydrogen) atoms. The van der Waals surface area contributed by atoms with Crippen LogP contribution < -0.4 is 10.7 Å². The van der Waals surface area contributed by atoms with Gasteiger partial charge in [-0.25, -0.2) is 4.98 Å². The smallest absolute Gasteiger partial charge is 0.257 e. The van der Waals surface area contributed by atoms with E-state index in [1.165, 1.54) is 6.07 Å². The van der Waals surface area contributed by atoms with E-state index >= 15 is 0 Å². The molecule has 0 aliphatic carbocycles. The molecule has 0 aliphatic rings. The molecule has 0 unspecified atom stereocenters. The Morgan fingerprint density at radius 3 is 2.73 bits per heavy atom. The number of aryl methyl sites for hydroxylation is 2. The molecule has 0 saturated heterocycles. The fraction of sp³-hybridized carbons (Fsp3) is 0.240. The molecule has 1 N–H and O–H groups in total. The summed E-state index contributed by atoms with van der Waals surface area (Å²) in [4.78, 5) is 30.4. The number of nitrogens with zero attached hydrogens (tertiary/aromatic N) is 3. The lowest BCUT2D eigenvalue weighted by Gasteiger charge is -2.20. The SMILES string of the molecule is COCc1c(C(=O)NCc2cn3ccccc3n2)c(=O)cc(C)n1CCc1ccccc1Cl. The highest BCUT2D eigenvalue weighted by molar-refractivity contribution is 6.31. The van der Waals surface area contributed by atoms with E-state index in [4.69, 9.17) is 16.3 Å². The molecule has 0 radical (unpaired) electrons. The summed E-state index contributed by atoms with van der Waals surface area (Å²) >= 11 is 6.31. The Hall–Kier alpha value is -3.42. The third-order valence-corrected chi connectivity index (χ3v) is 5.91. The van der Waals surface area contributed by atoms with Crippen molar-refractivity contribution in [2.45, 2.75) is 33.0 Å². The lowest BCUT2D eigenvalue weighted by molar-refractivity contribution is 0.0941. The minimum absolute atomic E-state index is 0.0883. The molecule has 0 spiro atoms. The molecule has 0 saturated carbocycles. The van der Waals surface area contributed by atoms with Crippen molar-refractivity contribution in [2.75, 3.05) is 7.11 Å². The summed E-state index contributed by atoms with van der Waals surface area (Å²) in [5, 5.41) is 3.53. The summed E-state index contributed by atoms with van der Waals surface area (Å²) in [6, 6.07) is 14.8. The van der Waals surface area contributed by atoms with Gasteiger partial charge < -0.3 is 19.0 Å². The van der Waals surface area contributed by atoms with Gasteiger partial charge in [0.25, 0.3) is 5.91 Å². The largest absolute Gasteiger partial charge is 0.378 e. The zero-order valence-corrected chi connectivity index (χ0v) is 19.3. The molecular weight excluding hydrogens is 440 g/mol. The Kier molecular flexibility index (Phi) is 6.91. The second-order valence-corrected chi connectivity index (χ2v) is 8.19. The molecular formula is C25H25ClN4O3. The van der Waals surface area contributed by atoms with E-state index in [0.717, 1.165) is 16.9 Å². The number of ether oxygens (including phenoxy) is 1. The van der Waals surface area contributed by atoms with Gasteiger partial charge in [0.2, 0.25) is 0 Å². The number of methoxy groups -OCH3 is 1. The number of imidazole rings is 1. The number of benzene rings is 1. The summed E-state index contributed by atoms with van der Waals surface area (Å²) in [6.45, 7) is 2.75. The summed E-state index contributed by atoms with van der Waals surface area (Å²) < 4.78 is 9.20. The first-order chi connectivity index (χ1) is 16.0. The van der Waals surface area contributed by atoms with E-state index in [0.29, 0.717) is 29.4 Å². The van der Waals surface area contributed by atoms with Crippen molar-refractivity contribution in [1.82, 2.24) is 19.3 Å². The number of hydrogen-bond donors (Lipinski definition) is 1. The van der Waals surface area contributed by atoms with E-state index in [-0.39, 0.29) is 24.1 Å². The van der Waals surface area contributed by atoms with Crippen LogP contribution in [-0.4, -0.2) is 27.0 Å². The summed E-state index contributed by atoms with van der Waals surface area (Å²) in [5.41, 5.74) is 3.55. The van der Waals surface area contributed by atoms with Crippen LogP contribution in [0.15, 0.2) is 65.7 Å². The van der Waals surface area contributed by atoms with E-state index in [1.807, 2.05) is 70.7 Å². The lowest BCUT2D eigenvalue weighted by atomic mass is 10.1. The van der Waals surface area contributed by atoms with Crippen LogP contribution in [0, 0.1) is 6.92 Å². The quantitative estimate of drug-likeness (QED) is 0.430. The molecule has 3 heterocycles. The van der Waals surface area contributed by atoms with Gasteiger partial charge >= 0.3 is 0 Å². The lowest BCUT2D eigenvalue weighted by Crippen LogP contribution is -2.33. The molecule has 170 valence electrons. The van der Waals surface area contributed by atoms with Gasteiger partial charge in [-0.3, -0.25) is 9.59 Å². The van der Waals surface area contributed by atoms with Crippen molar-refractivity contribution >= 4 is 23.2 Å². The normalized spacial score (nSPS) is 11.1. The van der Waals surface area contributed by atoms with Crippen LogP contribution in [0.4, 0.5) is 0 Å². The fourth-order valence-corrected chi connectivity index (χ4v) is 4.17. The minimum atomic E-state index is -0.449. The van der Waals surface area contributed by atoms with Crippen LogP contribution in [0.25, 0.3) is 5.65 Å². The minimum Gasteiger partial charge on any atom is -0.378 e. The average molecular weight is 465 g/mol. The van der Waals surface area contributed by atoms with Crippen molar-refractivity contribution in [3.8, 4) is 0 Å². The van der Waals surface area contributed by atoms with Gasteiger partial charge in [0.15, 0.2) is 5.43 Å². The summed E-state index contributed by atoms with van der Waals surface area (Å²) in [7, 11) is 1.55. The molecule has 0 fully saturated rings. The predicted molar refractivity (Wildman–Crippen MR) is 128 cm³/mol. The second kappa shape index (κ2) is 10.0. The van der Waals surface area contributed by atoms with Gasteiger partial charge in [0.1, 0.15) is 11.2 Å². The van der Waals surface area contributed by atoms with E-state index in [9.17, 15) is 9.59 Å². The molecule has 0 atom stereocenters. The number of rotatable bonds is 8. The monoisotopic (exact) mass is 464 g/mol. The zero-order valence-electron chi connectivity index (χ0n) is 18.5. The maximum absolute atomic E-state index is 13.1. The average Bonchev–Trinajstić information content (AvgIpc) is 3.21. The van der Waals surface area contributed by atoms with Crippen LogP contribution in [0.1, 0.15) is 33.0 Å². The molecule has 4 rings (SSSR count). The number of hydrogen-bond acceptors (Lipinski definition) is 4. The van der Waals surface area contributed by atoms with Crippen LogP contribution >= 0.6 is 11.6 Å². The predicted octanol–water partition coefficient (Wildman–Crippen LogP) is 3.78. The third-order valence-electron chi connectivity index (χ3n) is 5.54. The van der Waals surface area contributed by atoms with Crippen molar-refractivity contribution in [1.29, 1.82) is 0 Å². The molecule has 1 amide bonds. The number of nitrogens with one attached hydrogen (secondary N) is 1. The molecule has 7 nitrogen and oxygen atoms in total. The number of fused-ring (bicyclic) bond motifs is 1. The first kappa shape index (κ1) is 22.8. The highest BCUT2D eigenvalue weighted by atomic mass is 35.5.